The number of ether oxygens (including phenoxy) is 2. The van der Waals surface area contributed by atoms with E-state index in [4.69, 9.17) is 15.2 Å². The molecule has 4 nitrogen and oxygen atoms in total. The molecule has 92 valence electrons. The number of rotatable bonds is 3. The van der Waals surface area contributed by atoms with Crippen molar-refractivity contribution in [1.29, 1.82) is 0 Å². The van der Waals surface area contributed by atoms with Crippen molar-refractivity contribution in [3.63, 3.8) is 0 Å². The second-order valence-corrected chi connectivity index (χ2v) is 3.63. The first-order valence-electron chi connectivity index (χ1n) is 5.42. The first kappa shape index (κ1) is 12.0. The van der Waals surface area contributed by atoms with Gasteiger partial charge in [0.25, 0.3) is 0 Å². The average molecular weight is 243 g/mol. The van der Waals surface area contributed by atoms with Crippen LogP contribution in [0.15, 0.2) is 48.5 Å². The molecule has 0 heterocycles. The van der Waals surface area contributed by atoms with Gasteiger partial charge in [0.2, 0.25) is 0 Å². The fourth-order valence-corrected chi connectivity index (χ4v) is 1.53. The third-order valence-electron chi connectivity index (χ3n) is 2.43. The van der Waals surface area contributed by atoms with Crippen LogP contribution >= 0.6 is 0 Å². The van der Waals surface area contributed by atoms with Crippen molar-refractivity contribution < 1.29 is 14.3 Å². The highest BCUT2D eigenvalue weighted by Crippen LogP contribution is 2.29. The molecule has 0 atom stereocenters. The van der Waals surface area contributed by atoms with Crippen molar-refractivity contribution in [3.05, 3.63) is 54.1 Å². The number of methoxy groups -OCH3 is 1. The maximum atomic E-state index is 11.6. The Morgan fingerprint density at radius 2 is 1.61 bits per heavy atom. The van der Waals surface area contributed by atoms with Crippen LogP contribution in [0.3, 0.4) is 0 Å². The predicted molar refractivity (Wildman–Crippen MR) is 68.7 cm³/mol. The maximum Gasteiger partial charge on any atom is 0.341 e. The molecule has 0 aliphatic heterocycles. The van der Waals surface area contributed by atoms with E-state index in [1.165, 1.54) is 7.11 Å². The van der Waals surface area contributed by atoms with Gasteiger partial charge >= 0.3 is 5.97 Å². The molecule has 4 heteroatoms. The molecule has 2 N–H and O–H groups in total. The normalized spacial score (nSPS) is 9.83. The summed E-state index contributed by atoms with van der Waals surface area (Å²) in [6, 6.07) is 14.0. The number of esters is 1. The van der Waals surface area contributed by atoms with Crippen LogP contribution in [0.1, 0.15) is 10.4 Å². The molecule has 0 spiro atoms. The standard InChI is InChI=1S/C14H13NO3/c1-17-14(16)10-6-2-4-8-12(10)18-13-9-5-3-7-11(13)15/h2-9H,15H2,1H3. The fraction of sp³-hybridized carbons (Fsp3) is 0.0714. The summed E-state index contributed by atoms with van der Waals surface area (Å²) in [5.74, 6) is 0.483. The minimum absolute atomic E-state index is 0.364. The Morgan fingerprint density at radius 1 is 1.00 bits per heavy atom. The Balaban J connectivity index is 2.35. The summed E-state index contributed by atoms with van der Waals surface area (Å²) in [4.78, 5) is 11.6. The Kier molecular flexibility index (Phi) is 3.48. The molecule has 2 aromatic rings. The van der Waals surface area contributed by atoms with Gasteiger partial charge in [-0.1, -0.05) is 24.3 Å². The van der Waals surface area contributed by atoms with Crippen LogP contribution in [-0.4, -0.2) is 13.1 Å². The van der Waals surface area contributed by atoms with Crippen molar-refractivity contribution >= 4 is 11.7 Å². The number of benzene rings is 2. The van der Waals surface area contributed by atoms with Crippen molar-refractivity contribution in [2.75, 3.05) is 12.8 Å². The van der Waals surface area contributed by atoms with Gasteiger partial charge in [0.1, 0.15) is 17.1 Å². The molecule has 0 unspecified atom stereocenters. The average Bonchev–Trinajstić information content (AvgIpc) is 2.41. The smallest absolute Gasteiger partial charge is 0.341 e. The van der Waals surface area contributed by atoms with Crippen LogP contribution in [0.5, 0.6) is 11.5 Å². The van der Waals surface area contributed by atoms with Crippen LogP contribution in [-0.2, 0) is 4.74 Å². The van der Waals surface area contributed by atoms with E-state index in [1.54, 1.807) is 36.4 Å². The number of hydrogen-bond donors (Lipinski definition) is 1. The number of carbonyl (C=O) groups is 1. The molecule has 0 saturated carbocycles. The number of para-hydroxylation sites is 3. The zero-order valence-electron chi connectivity index (χ0n) is 9.92. The number of hydrogen-bond acceptors (Lipinski definition) is 4. The van der Waals surface area contributed by atoms with Gasteiger partial charge in [0.15, 0.2) is 0 Å². The van der Waals surface area contributed by atoms with Gasteiger partial charge in [-0.3, -0.25) is 0 Å². The second kappa shape index (κ2) is 5.23. The van der Waals surface area contributed by atoms with Gasteiger partial charge in [-0.15, -0.1) is 0 Å². The maximum absolute atomic E-state index is 11.6. The van der Waals surface area contributed by atoms with Crippen molar-refractivity contribution in [3.8, 4) is 11.5 Å². The molecule has 18 heavy (non-hydrogen) atoms. The molecule has 0 aromatic heterocycles. The highest BCUT2D eigenvalue weighted by molar-refractivity contribution is 5.92. The highest BCUT2D eigenvalue weighted by Gasteiger charge is 2.13. The fourth-order valence-electron chi connectivity index (χ4n) is 1.53. The first-order valence-corrected chi connectivity index (χ1v) is 5.42. The molecule has 0 radical (unpaired) electrons. The molecule has 2 rings (SSSR count). The van der Waals surface area contributed by atoms with Gasteiger partial charge in [0.05, 0.1) is 12.8 Å². The molecule has 0 amide bonds. The van der Waals surface area contributed by atoms with Gasteiger partial charge in [0, 0.05) is 0 Å². The molecular weight excluding hydrogens is 230 g/mol. The summed E-state index contributed by atoms with van der Waals surface area (Å²) in [5.41, 5.74) is 6.66. The molecular formula is C14H13NO3. The monoisotopic (exact) mass is 243 g/mol. The van der Waals surface area contributed by atoms with Crippen LogP contribution in [0.4, 0.5) is 5.69 Å². The van der Waals surface area contributed by atoms with Crippen molar-refractivity contribution in [2.24, 2.45) is 0 Å². The molecule has 0 aliphatic rings. The van der Waals surface area contributed by atoms with Crippen LogP contribution in [0.2, 0.25) is 0 Å². The second-order valence-electron chi connectivity index (χ2n) is 3.63. The summed E-state index contributed by atoms with van der Waals surface area (Å²) in [5, 5.41) is 0. The van der Waals surface area contributed by atoms with E-state index in [1.807, 2.05) is 12.1 Å². The van der Waals surface area contributed by atoms with E-state index in [0.717, 1.165) is 0 Å². The van der Waals surface area contributed by atoms with Gasteiger partial charge in [-0.05, 0) is 24.3 Å². The van der Waals surface area contributed by atoms with Gasteiger partial charge in [-0.2, -0.15) is 0 Å². The Labute approximate surface area is 105 Å². The highest BCUT2D eigenvalue weighted by atomic mass is 16.5. The third kappa shape index (κ3) is 2.43. The summed E-state index contributed by atoms with van der Waals surface area (Å²) in [7, 11) is 1.33. The Bertz CT molecular complexity index is 566. The summed E-state index contributed by atoms with van der Waals surface area (Å²) in [6.45, 7) is 0. The molecule has 0 fully saturated rings. The number of carbonyl (C=O) groups excluding carboxylic acids is 1. The summed E-state index contributed by atoms with van der Waals surface area (Å²) in [6.07, 6.45) is 0. The first-order chi connectivity index (χ1) is 8.72. The lowest BCUT2D eigenvalue weighted by molar-refractivity contribution is 0.0598. The van der Waals surface area contributed by atoms with E-state index in [0.29, 0.717) is 22.7 Å². The minimum atomic E-state index is -0.444. The molecule has 2 aromatic carbocycles. The molecule has 0 aliphatic carbocycles. The quantitative estimate of drug-likeness (QED) is 0.665. The molecule has 0 saturated heterocycles. The number of anilines is 1. The van der Waals surface area contributed by atoms with Gasteiger partial charge in [-0.25, -0.2) is 4.79 Å². The zero-order chi connectivity index (χ0) is 13.0. The van der Waals surface area contributed by atoms with Crippen LogP contribution in [0, 0.1) is 0 Å². The van der Waals surface area contributed by atoms with Crippen LogP contribution in [0.25, 0.3) is 0 Å². The number of nitrogen functional groups attached to an aromatic ring is 1. The lowest BCUT2D eigenvalue weighted by atomic mass is 10.2. The van der Waals surface area contributed by atoms with Crippen molar-refractivity contribution in [2.45, 2.75) is 0 Å². The van der Waals surface area contributed by atoms with E-state index in [2.05, 4.69) is 0 Å². The SMILES string of the molecule is COC(=O)c1ccccc1Oc1ccccc1N. The largest absolute Gasteiger partial charge is 0.465 e. The Hall–Kier alpha value is -2.49. The minimum Gasteiger partial charge on any atom is -0.465 e. The third-order valence-corrected chi connectivity index (χ3v) is 2.43. The van der Waals surface area contributed by atoms with E-state index in [9.17, 15) is 4.79 Å². The Morgan fingerprint density at radius 3 is 2.28 bits per heavy atom. The summed E-state index contributed by atoms with van der Waals surface area (Å²) >= 11 is 0. The van der Waals surface area contributed by atoms with Gasteiger partial charge < -0.3 is 15.2 Å². The van der Waals surface area contributed by atoms with E-state index < -0.39 is 5.97 Å². The van der Waals surface area contributed by atoms with Crippen molar-refractivity contribution in [1.82, 2.24) is 0 Å². The zero-order valence-corrected chi connectivity index (χ0v) is 9.92. The van der Waals surface area contributed by atoms with Crippen LogP contribution < -0.4 is 10.5 Å². The lowest BCUT2D eigenvalue weighted by Gasteiger charge is -2.11. The van der Waals surface area contributed by atoms with E-state index in [-0.39, 0.29) is 0 Å². The predicted octanol–water partition coefficient (Wildman–Crippen LogP) is 2.85. The summed E-state index contributed by atoms with van der Waals surface area (Å²) < 4.78 is 10.3. The number of nitrogens with two attached hydrogens (primary N) is 1. The molecule has 0 bridgehead atoms. The lowest BCUT2D eigenvalue weighted by Crippen LogP contribution is -2.03. The van der Waals surface area contributed by atoms with E-state index >= 15 is 0 Å². The topological polar surface area (TPSA) is 61.5 Å².